The van der Waals surface area contributed by atoms with Gasteiger partial charge in [0, 0.05) is 24.7 Å². The van der Waals surface area contributed by atoms with E-state index in [1.54, 1.807) is 74.2 Å². The maximum atomic E-state index is 12.9. The van der Waals surface area contributed by atoms with Crippen molar-refractivity contribution in [2.24, 2.45) is 0 Å². The van der Waals surface area contributed by atoms with Gasteiger partial charge in [0.05, 0.1) is 6.04 Å². The Balaban J connectivity index is 1.67. The van der Waals surface area contributed by atoms with Gasteiger partial charge in [-0.15, -0.1) is 0 Å². The van der Waals surface area contributed by atoms with Crippen molar-refractivity contribution in [3.63, 3.8) is 0 Å². The number of hydrogen-bond acceptors (Lipinski definition) is 5. The lowest BCUT2D eigenvalue weighted by molar-refractivity contribution is -0.174. The number of nitrogens with one attached hydrogen (secondary N) is 2. The highest BCUT2D eigenvalue weighted by molar-refractivity contribution is 5.94. The number of rotatable bonds is 7. The quantitative estimate of drug-likeness (QED) is 0.476. The van der Waals surface area contributed by atoms with Gasteiger partial charge in [0.25, 0.3) is 5.91 Å². The Hall–Kier alpha value is -3.76. The summed E-state index contributed by atoms with van der Waals surface area (Å²) in [6, 6.07) is 12.0. The molecule has 1 aliphatic heterocycles. The summed E-state index contributed by atoms with van der Waals surface area (Å²) >= 11 is 0. The fourth-order valence-electron chi connectivity index (χ4n) is 4.27. The van der Waals surface area contributed by atoms with Gasteiger partial charge in [-0.2, -0.15) is 13.2 Å². The lowest BCUT2D eigenvalue weighted by atomic mass is 10.0. The minimum absolute atomic E-state index is 0.242. The Morgan fingerprint density at radius 2 is 1.62 bits per heavy atom. The zero-order chi connectivity index (χ0) is 29.7. The molecule has 3 atom stereocenters. The van der Waals surface area contributed by atoms with E-state index in [1.165, 1.54) is 6.92 Å². The summed E-state index contributed by atoms with van der Waals surface area (Å²) in [5, 5.41) is 4.91. The number of aryl methyl sites for hydroxylation is 1. The summed E-state index contributed by atoms with van der Waals surface area (Å²) in [6.45, 7) is 9.58. The summed E-state index contributed by atoms with van der Waals surface area (Å²) in [7, 11) is 0. The van der Waals surface area contributed by atoms with Crippen LogP contribution in [0.3, 0.4) is 0 Å². The first kappa shape index (κ1) is 30.8. The van der Waals surface area contributed by atoms with E-state index in [0.29, 0.717) is 36.4 Å². The van der Waals surface area contributed by atoms with Gasteiger partial charge in [-0.25, -0.2) is 4.79 Å². The van der Waals surface area contributed by atoms with Gasteiger partial charge in [0.2, 0.25) is 0 Å². The van der Waals surface area contributed by atoms with Crippen LogP contribution in [0.25, 0.3) is 0 Å². The van der Waals surface area contributed by atoms with Crippen LogP contribution in [0.4, 0.5) is 18.0 Å². The number of carbonyl (C=O) groups is 3. The molecule has 218 valence electrons. The summed E-state index contributed by atoms with van der Waals surface area (Å²) in [6.07, 6.45) is -4.93. The number of likely N-dealkylation sites (tertiary alicyclic amines) is 1. The fraction of sp³-hybridized carbons (Fsp3) is 0.483. The van der Waals surface area contributed by atoms with Crippen molar-refractivity contribution in [3.05, 3.63) is 65.2 Å². The molecule has 1 fully saturated rings. The van der Waals surface area contributed by atoms with Crippen molar-refractivity contribution in [3.8, 4) is 5.75 Å². The number of carbonyl (C=O) groups excluding carboxylic acids is 3. The van der Waals surface area contributed by atoms with E-state index in [1.807, 2.05) is 12.2 Å². The maximum absolute atomic E-state index is 12.9. The van der Waals surface area contributed by atoms with Crippen LogP contribution in [0.5, 0.6) is 5.75 Å². The standard InChI is InChI=1S/C29H36F3N3O5/c1-18-8-10-20(11-9-18)24(19(2)33-26(37)29(30,31)32)39-23-14-12-21(13-15-23)25(36)34-22-7-6-16-35(17-22)27(38)40-28(3,4)5/h8-15,19,22,24H,6-7,16-17H2,1-5H3,(H,33,37)(H,34,36)/t19?,22-,24?/m0/s1. The summed E-state index contributed by atoms with van der Waals surface area (Å²) in [4.78, 5) is 38.4. The lowest BCUT2D eigenvalue weighted by Crippen LogP contribution is -2.50. The van der Waals surface area contributed by atoms with Gasteiger partial charge >= 0.3 is 18.2 Å². The fourth-order valence-corrected chi connectivity index (χ4v) is 4.27. The largest absolute Gasteiger partial charge is 0.484 e. The Morgan fingerprint density at radius 3 is 2.20 bits per heavy atom. The van der Waals surface area contributed by atoms with E-state index in [-0.39, 0.29) is 11.9 Å². The molecule has 1 heterocycles. The average Bonchev–Trinajstić information content (AvgIpc) is 2.86. The highest BCUT2D eigenvalue weighted by atomic mass is 19.4. The third-order valence-corrected chi connectivity index (χ3v) is 6.26. The van der Waals surface area contributed by atoms with E-state index in [0.717, 1.165) is 12.0 Å². The molecule has 0 radical (unpaired) electrons. The van der Waals surface area contributed by atoms with Crippen LogP contribution in [0.1, 0.15) is 68.1 Å². The smallest absolute Gasteiger partial charge is 0.471 e. The number of piperidine rings is 1. The maximum Gasteiger partial charge on any atom is 0.471 e. The summed E-state index contributed by atoms with van der Waals surface area (Å²) in [5.41, 5.74) is 1.27. The molecule has 0 bridgehead atoms. The highest BCUT2D eigenvalue weighted by Crippen LogP contribution is 2.27. The topological polar surface area (TPSA) is 97.0 Å². The third kappa shape index (κ3) is 8.89. The van der Waals surface area contributed by atoms with Gasteiger partial charge in [0.1, 0.15) is 17.5 Å². The molecule has 11 heteroatoms. The average molecular weight is 564 g/mol. The second kappa shape index (κ2) is 12.6. The SMILES string of the molecule is Cc1ccc(C(Oc2ccc(C(=O)N[C@H]3CCCN(C(=O)OC(C)(C)C)C3)cc2)C(C)NC(=O)C(F)(F)F)cc1. The second-order valence-corrected chi connectivity index (χ2v) is 11.0. The molecule has 1 saturated heterocycles. The van der Waals surface area contributed by atoms with E-state index < -0.39 is 35.9 Å². The van der Waals surface area contributed by atoms with E-state index >= 15 is 0 Å². The van der Waals surface area contributed by atoms with Crippen LogP contribution in [-0.4, -0.2) is 59.8 Å². The Labute approximate surface area is 232 Å². The number of nitrogens with zero attached hydrogens (tertiary/aromatic N) is 1. The first-order valence-electron chi connectivity index (χ1n) is 13.1. The van der Waals surface area contributed by atoms with Crippen molar-refractivity contribution in [1.29, 1.82) is 0 Å². The Morgan fingerprint density at radius 1 is 1.00 bits per heavy atom. The molecule has 40 heavy (non-hydrogen) atoms. The molecule has 1 aliphatic rings. The molecule has 0 spiro atoms. The molecule has 2 aromatic carbocycles. The number of alkyl halides is 3. The van der Waals surface area contributed by atoms with Crippen LogP contribution >= 0.6 is 0 Å². The molecule has 3 rings (SSSR count). The van der Waals surface area contributed by atoms with Gasteiger partial charge in [-0.05, 0) is 77.3 Å². The number of hydrogen-bond donors (Lipinski definition) is 2. The van der Waals surface area contributed by atoms with Crippen LogP contribution in [-0.2, 0) is 9.53 Å². The molecule has 0 aromatic heterocycles. The predicted molar refractivity (Wildman–Crippen MR) is 143 cm³/mol. The third-order valence-electron chi connectivity index (χ3n) is 6.26. The Bertz CT molecular complexity index is 1180. The molecule has 2 N–H and O–H groups in total. The number of ether oxygens (including phenoxy) is 2. The summed E-state index contributed by atoms with van der Waals surface area (Å²) in [5.74, 6) is -2.08. The monoisotopic (exact) mass is 563 g/mol. The summed E-state index contributed by atoms with van der Waals surface area (Å²) < 4.78 is 50.0. The molecule has 0 saturated carbocycles. The molecule has 2 unspecified atom stereocenters. The number of amides is 3. The van der Waals surface area contributed by atoms with Gasteiger partial charge in [-0.3, -0.25) is 9.59 Å². The van der Waals surface area contributed by atoms with Gasteiger partial charge in [-0.1, -0.05) is 29.8 Å². The van der Waals surface area contributed by atoms with Crippen LogP contribution in [0.2, 0.25) is 0 Å². The van der Waals surface area contributed by atoms with Crippen LogP contribution in [0.15, 0.2) is 48.5 Å². The first-order chi connectivity index (χ1) is 18.6. The van der Waals surface area contributed by atoms with Crippen LogP contribution < -0.4 is 15.4 Å². The van der Waals surface area contributed by atoms with Gasteiger partial charge < -0.3 is 25.0 Å². The molecular formula is C29H36F3N3O5. The van der Waals surface area contributed by atoms with Crippen molar-refractivity contribution in [2.45, 2.75) is 77.4 Å². The normalized spacial score (nSPS) is 17.4. The molecule has 8 nitrogen and oxygen atoms in total. The second-order valence-electron chi connectivity index (χ2n) is 11.0. The van der Waals surface area contributed by atoms with Crippen molar-refractivity contribution < 1.29 is 37.0 Å². The highest BCUT2D eigenvalue weighted by Gasteiger charge is 2.40. The van der Waals surface area contributed by atoms with Gasteiger partial charge in [0.15, 0.2) is 0 Å². The van der Waals surface area contributed by atoms with E-state index in [4.69, 9.17) is 9.47 Å². The minimum Gasteiger partial charge on any atom is -0.484 e. The predicted octanol–water partition coefficient (Wildman–Crippen LogP) is 5.31. The lowest BCUT2D eigenvalue weighted by Gasteiger charge is -2.34. The minimum atomic E-state index is -5.02. The Kier molecular flexibility index (Phi) is 9.70. The van der Waals surface area contributed by atoms with Crippen molar-refractivity contribution in [1.82, 2.24) is 15.5 Å². The van der Waals surface area contributed by atoms with Crippen molar-refractivity contribution >= 4 is 17.9 Å². The molecular weight excluding hydrogens is 527 g/mol. The zero-order valence-electron chi connectivity index (χ0n) is 23.3. The number of halogens is 3. The number of benzene rings is 2. The van der Waals surface area contributed by atoms with E-state index in [2.05, 4.69) is 5.32 Å². The van der Waals surface area contributed by atoms with Crippen LogP contribution in [0, 0.1) is 6.92 Å². The molecule has 3 amide bonds. The molecule has 0 aliphatic carbocycles. The van der Waals surface area contributed by atoms with E-state index in [9.17, 15) is 27.6 Å². The van der Waals surface area contributed by atoms with Crippen molar-refractivity contribution in [2.75, 3.05) is 13.1 Å². The first-order valence-corrected chi connectivity index (χ1v) is 13.1. The molecule has 2 aromatic rings. The zero-order valence-corrected chi connectivity index (χ0v) is 23.3.